The van der Waals surface area contributed by atoms with E-state index in [0.29, 0.717) is 6.42 Å². The molecule has 2 aliphatic carbocycles. The second kappa shape index (κ2) is 3.37. The summed E-state index contributed by atoms with van der Waals surface area (Å²) < 4.78 is 0. The van der Waals surface area contributed by atoms with E-state index in [4.69, 9.17) is 5.11 Å². The van der Waals surface area contributed by atoms with Gasteiger partial charge in [0.1, 0.15) is 0 Å². The third kappa shape index (κ3) is 1.21. The van der Waals surface area contributed by atoms with Crippen molar-refractivity contribution in [2.45, 2.75) is 25.7 Å². The summed E-state index contributed by atoms with van der Waals surface area (Å²) in [4.78, 5) is 11.1. The molecule has 2 aliphatic rings. The van der Waals surface area contributed by atoms with E-state index in [1.54, 1.807) is 6.08 Å². The van der Waals surface area contributed by atoms with Gasteiger partial charge >= 0.3 is 5.97 Å². The van der Waals surface area contributed by atoms with Gasteiger partial charge in [0.15, 0.2) is 0 Å². The fourth-order valence-corrected chi connectivity index (χ4v) is 3.53. The molecular formula is C12H15NO2. The normalized spacial score (nSPS) is 43.3. The van der Waals surface area contributed by atoms with Gasteiger partial charge in [-0.25, -0.2) is 0 Å². The van der Waals surface area contributed by atoms with Crippen LogP contribution in [0.2, 0.25) is 0 Å². The van der Waals surface area contributed by atoms with E-state index in [1.807, 2.05) is 0 Å². The monoisotopic (exact) mass is 205 g/mol. The maximum Gasteiger partial charge on any atom is 0.307 e. The third-order valence-electron chi connectivity index (χ3n) is 4.22. The highest BCUT2D eigenvalue weighted by atomic mass is 16.4. The first kappa shape index (κ1) is 10.2. The van der Waals surface area contributed by atoms with Crippen LogP contribution < -0.4 is 0 Å². The molecule has 2 saturated carbocycles. The number of rotatable bonds is 2. The van der Waals surface area contributed by atoms with Crippen LogP contribution in [0.5, 0.6) is 0 Å². The number of hydrogen-bond donors (Lipinski definition) is 1. The van der Waals surface area contributed by atoms with Crippen molar-refractivity contribution in [2.24, 2.45) is 23.2 Å². The molecule has 0 unspecified atom stereocenters. The first-order chi connectivity index (χ1) is 7.15. The zero-order valence-corrected chi connectivity index (χ0v) is 8.65. The van der Waals surface area contributed by atoms with Gasteiger partial charge in [-0.3, -0.25) is 4.79 Å². The molecule has 0 aromatic heterocycles. The van der Waals surface area contributed by atoms with Crippen LogP contribution in [0.4, 0.5) is 0 Å². The zero-order valence-electron chi connectivity index (χ0n) is 8.65. The van der Waals surface area contributed by atoms with Gasteiger partial charge in [-0.05, 0) is 25.2 Å². The summed E-state index contributed by atoms with van der Waals surface area (Å²) in [6.07, 6.45) is 5.23. The van der Waals surface area contributed by atoms with Crippen LogP contribution in [0.3, 0.4) is 0 Å². The molecule has 0 bridgehead atoms. The Kier molecular flexibility index (Phi) is 2.30. The molecule has 0 radical (unpaired) electrons. The highest BCUT2D eigenvalue weighted by molar-refractivity contribution is 5.71. The molecule has 2 rings (SSSR count). The van der Waals surface area contributed by atoms with E-state index in [9.17, 15) is 10.1 Å². The molecule has 1 N–H and O–H groups in total. The number of carboxylic acids is 1. The van der Waals surface area contributed by atoms with Crippen LogP contribution in [-0.2, 0) is 4.79 Å². The molecule has 2 fully saturated rings. The van der Waals surface area contributed by atoms with Crippen molar-refractivity contribution in [3.05, 3.63) is 12.7 Å². The van der Waals surface area contributed by atoms with Gasteiger partial charge in [0.2, 0.25) is 0 Å². The number of nitriles is 1. The Labute approximate surface area is 89.4 Å². The zero-order chi connectivity index (χ0) is 11.1. The summed E-state index contributed by atoms with van der Waals surface area (Å²) in [7, 11) is 0. The van der Waals surface area contributed by atoms with E-state index in [0.717, 1.165) is 19.3 Å². The average Bonchev–Trinajstić information content (AvgIpc) is 2.71. The topological polar surface area (TPSA) is 61.1 Å². The number of allylic oxidation sites excluding steroid dienone is 1. The summed E-state index contributed by atoms with van der Waals surface area (Å²) in [5, 5.41) is 18.5. The summed E-state index contributed by atoms with van der Waals surface area (Å²) in [5.41, 5.74) is -0.426. The standard InChI is InChI=1S/C12H15NO2/c1-2-10-9(11(14)15)6-8-4-3-5-12(8,10)7-13/h2,8-10H,1,3-6H2,(H,14,15)/t8-,9+,10+,12+/m0/s1. The summed E-state index contributed by atoms with van der Waals surface area (Å²) in [6.45, 7) is 3.71. The summed E-state index contributed by atoms with van der Waals surface area (Å²) in [6, 6.07) is 2.39. The Bertz CT molecular complexity index is 344. The van der Waals surface area contributed by atoms with Crippen molar-refractivity contribution >= 4 is 5.97 Å². The van der Waals surface area contributed by atoms with Crippen molar-refractivity contribution in [1.29, 1.82) is 5.26 Å². The summed E-state index contributed by atoms with van der Waals surface area (Å²) in [5.74, 6) is -1.06. The maximum absolute atomic E-state index is 11.1. The predicted molar refractivity (Wildman–Crippen MR) is 54.8 cm³/mol. The number of carboxylic acid groups (broad SMARTS) is 1. The molecule has 0 saturated heterocycles. The molecule has 3 heteroatoms. The van der Waals surface area contributed by atoms with Crippen molar-refractivity contribution in [3.8, 4) is 6.07 Å². The fraction of sp³-hybridized carbons (Fsp3) is 0.667. The van der Waals surface area contributed by atoms with Gasteiger partial charge in [-0.2, -0.15) is 5.26 Å². The first-order valence-corrected chi connectivity index (χ1v) is 5.42. The minimum atomic E-state index is -0.774. The quantitative estimate of drug-likeness (QED) is 0.703. The van der Waals surface area contributed by atoms with E-state index in [-0.39, 0.29) is 11.8 Å². The Balaban J connectivity index is 2.38. The van der Waals surface area contributed by atoms with E-state index < -0.39 is 17.3 Å². The lowest BCUT2D eigenvalue weighted by Crippen LogP contribution is -2.29. The molecule has 0 heterocycles. The van der Waals surface area contributed by atoms with Gasteiger partial charge in [-0.15, -0.1) is 6.58 Å². The van der Waals surface area contributed by atoms with Crippen LogP contribution in [-0.4, -0.2) is 11.1 Å². The van der Waals surface area contributed by atoms with Crippen LogP contribution >= 0.6 is 0 Å². The maximum atomic E-state index is 11.1. The second-order valence-corrected chi connectivity index (χ2v) is 4.68. The number of carbonyl (C=O) groups is 1. The number of fused-ring (bicyclic) bond motifs is 1. The molecule has 0 aromatic carbocycles. The largest absolute Gasteiger partial charge is 0.481 e. The molecule has 0 amide bonds. The van der Waals surface area contributed by atoms with Gasteiger partial charge in [0, 0.05) is 5.92 Å². The molecule has 0 aromatic rings. The van der Waals surface area contributed by atoms with Gasteiger partial charge in [-0.1, -0.05) is 12.5 Å². The molecular weight excluding hydrogens is 190 g/mol. The van der Waals surface area contributed by atoms with Crippen LogP contribution in [0, 0.1) is 34.5 Å². The Morgan fingerprint density at radius 1 is 1.67 bits per heavy atom. The molecule has 0 aliphatic heterocycles. The molecule has 80 valence electrons. The van der Waals surface area contributed by atoms with Gasteiger partial charge in [0.05, 0.1) is 17.4 Å². The SMILES string of the molecule is C=C[C@@H]1[C@H](C(=O)O)C[C@@H]2CCC[C@@]21C#N. The minimum Gasteiger partial charge on any atom is -0.481 e. The summed E-state index contributed by atoms with van der Waals surface area (Å²) >= 11 is 0. The lowest BCUT2D eigenvalue weighted by molar-refractivity contribution is -0.142. The number of aliphatic carboxylic acids is 1. The Morgan fingerprint density at radius 3 is 2.93 bits per heavy atom. The van der Waals surface area contributed by atoms with E-state index in [1.165, 1.54) is 0 Å². The highest BCUT2D eigenvalue weighted by Crippen LogP contribution is 2.59. The first-order valence-electron chi connectivity index (χ1n) is 5.42. The molecule has 15 heavy (non-hydrogen) atoms. The van der Waals surface area contributed by atoms with Crippen molar-refractivity contribution in [1.82, 2.24) is 0 Å². The highest BCUT2D eigenvalue weighted by Gasteiger charge is 2.58. The number of hydrogen-bond acceptors (Lipinski definition) is 2. The fourth-order valence-electron chi connectivity index (χ4n) is 3.53. The van der Waals surface area contributed by atoms with Crippen molar-refractivity contribution in [2.75, 3.05) is 0 Å². The minimum absolute atomic E-state index is 0.160. The molecule has 4 atom stereocenters. The van der Waals surface area contributed by atoms with Gasteiger partial charge < -0.3 is 5.11 Å². The Morgan fingerprint density at radius 2 is 2.40 bits per heavy atom. The lowest BCUT2D eigenvalue weighted by Gasteiger charge is -2.27. The third-order valence-corrected chi connectivity index (χ3v) is 4.22. The van der Waals surface area contributed by atoms with Crippen molar-refractivity contribution in [3.63, 3.8) is 0 Å². The second-order valence-electron chi connectivity index (χ2n) is 4.68. The van der Waals surface area contributed by atoms with Crippen LogP contribution in [0.1, 0.15) is 25.7 Å². The number of nitrogens with zero attached hydrogens (tertiary/aromatic N) is 1. The van der Waals surface area contributed by atoms with Crippen LogP contribution in [0.15, 0.2) is 12.7 Å². The molecule has 0 spiro atoms. The van der Waals surface area contributed by atoms with Crippen molar-refractivity contribution < 1.29 is 9.90 Å². The Hall–Kier alpha value is -1.30. The predicted octanol–water partition coefficient (Wildman–Crippen LogP) is 2.20. The van der Waals surface area contributed by atoms with Crippen LogP contribution in [0.25, 0.3) is 0 Å². The average molecular weight is 205 g/mol. The van der Waals surface area contributed by atoms with Gasteiger partial charge in [0.25, 0.3) is 0 Å². The van der Waals surface area contributed by atoms with E-state index >= 15 is 0 Å². The smallest absolute Gasteiger partial charge is 0.307 e. The van der Waals surface area contributed by atoms with E-state index in [2.05, 4.69) is 12.6 Å². The lowest BCUT2D eigenvalue weighted by atomic mass is 9.73. The molecule has 3 nitrogen and oxygen atoms in total.